The summed E-state index contributed by atoms with van der Waals surface area (Å²) >= 11 is 0. The molecule has 1 N–H and O–H groups in total. The molecule has 0 aliphatic rings. The van der Waals surface area contributed by atoms with E-state index in [4.69, 9.17) is 4.74 Å². The quantitative estimate of drug-likeness (QED) is 0.787. The second-order valence-electron chi connectivity index (χ2n) is 2.85. The van der Waals surface area contributed by atoms with Crippen molar-refractivity contribution in [3.05, 3.63) is 23.6 Å². The summed E-state index contributed by atoms with van der Waals surface area (Å²) < 4.78 is 18.0. The van der Waals surface area contributed by atoms with Crippen LogP contribution in [0.25, 0.3) is 10.9 Å². The van der Waals surface area contributed by atoms with E-state index in [2.05, 4.69) is 10.2 Å². The van der Waals surface area contributed by atoms with Gasteiger partial charge in [0.2, 0.25) is 0 Å². The van der Waals surface area contributed by atoms with Crippen LogP contribution in [0.5, 0.6) is 5.75 Å². The highest BCUT2D eigenvalue weighted by Crippen LogP contribution is 2.27. The number of aromatic nitrogens is 2. The number of ether oxygens (including phenoxy) is 1. The molecule has 0 saturated carbocycles. The Kier molecular flexibility index (Phi) is 3.66. The van der Waals surface area contributed by atoms with Gasteiger partial charge in [-0.05, 0) is 6.92 Å². The Hall–Kier alpha value is -1.58. The number of H-pyrrole nitrogens is 1. The predicted octanol–water partition coefficient (Wildman–Crippen LogP) is 3.29. The van der Waals surface area contributed by atoms with Gasteiger partial charge in [0.15, 0.2) is 0 Å². The zero-order valence-corrected chi connectivity index (χ0v) is 9.39. The van der Waals surface area contributed by atoms with Crippen LogP contribution in [0.3, 0.4) is 0 Å². The van der Waals surface area contributed by atoms with Gasteiger partial charge in [-0.2, -0.15) is 5.10 Å². The molecule has 0 aliphatic heterocycles. The van der Waals surface area contributed by atoms with Crippen molar-refractivity contribution in [2.75, 3.05) is 7.11 Å². The van der Waals surface area contributed by atoms with Crippen molar-refractivity contribution in [1.82, 2.24) is 10.2 Å². The van der Waals surface area contributed by atoms with Gasteiger partial charge in [-0.3, -0.25) is 5.10 Å². The van der Waals surface area contributed by atoms with Gasteiger partial charge in [0.25, 0.3) is 0 Å². The molecule has 0 amide bonds. The van der Waals surface area contributed by atoms with Gasteiger partial charge in [0.05, 0.1) is 18.0 Å². The molecule has 1 aromatic carbocycles. The lowest BCUT2D eigenvalue weighted by Gasteiger charge is -2.01. The van der Waals surface area contributed by atoms with E-state index >= 15 is 0 Å². The normalized spacial score (nSPS) is 9.67. The third-order valence-electron chi connectivity index (χ3n) is 1.99. The summed E-state index contributed by atoms with van der Waals surface area (Å²) in [4.78, 5) is 0. The number of fused-ring (bicyclic) bond motifs is 1. The molecule has 84 valence electrons. The molecule has 4 heteroatoms. The maximum Gasteiger partial charge on any atom is 0.133 e. The Morgan fingerprint density at radius 1 is 1.40 bits per heavy atom. The maximum absolute atomic E-state index is 13.0. The third-order valence-corrected chi connectivity index (χ3v) is 1.99. The van der Waals surface area contributed by atoms with E-state index in [1.54, 1.807) is 0 Å². The largest absolute Gasteiger partial charge is 0.496 e. The highest BCUT2D eigenvalue weighted by atomic mass is 19.1. The molecule has 1 heterocycles. The van der Waals surface area contributed by atoms with Crippen LogP contribution in [-0.2, 0) is 0 Å². The van der Waals surface area contributed by atoms with E-state index < -0.39 is 0 Å². The zero-order valence-electron chi connectivity index (χ0n) is 9.39. The molecule has 0 radical (unpaired) electrons. The Labute approximate surface area is 89.7 Å². The third kappa shape index (κ3) is 2.09. The van der Waals surface area contributed by atoms with Crippen molar-refractivity contribution < 1.29 is 10.6 Å². The van der Waals surface area contributed by atoms with E-state index in [0.29, 0.717) is 11.3 Å². The van der Waals surface area contributed by atoms with Crippen molar-refractivity contribution >= 4 is 10.9 Å². The Balaban J connectivity index is 0.000000711. The average Bonchev–Trinajstić information content (AvgIpc) is 2.62. The topological polar surface area (TPSA) is 37.9 Å². The van der Waals surface area contributed by atoms with Crippen LogP contribution in [0.1, 0.15) is 21.0 Å². The summed E-state index contributed by atoms with van der Waals surface area (Å²) in [5.74, 6) is 0.178. The van der Waals surface area contributed by atoms with E-state index in [0.717, 1.165) is 11.1 Å². The van der Waals surface area contributed by atoms with Gasteiger partial charge in [-0.1, -0.05) is 13.8 Å². The molecule has 2 rings (SSSR count). The van der Waals surface area contributed by atoms with Crippen molar-refractivity contribution in [1.29, 1.82) is 0 Å². The number of nitrogens with one attached hydrogen (secondary N) is 1. The monoisotopic (exact) mass is 212 g/mol. The van der Waals surface area contributed by atoms with Crippen LogP contribution >= 0.6 is 0 Å². The molecule has 2 aromatic rings. The number of hydrogen-bond donors (Lipinski definition) is 1. The summed E-state index contributed by atoms with van der Waals surface area (Å²) in [5, 5.41) is 7.56. The lowest BCUT2D eigenvalue weighted by atomic mass is 10.2. The van der Waals surface area contributed by atoms with Crippen molar-refractivity contribution in [3.63, 3.8) is 0 Å². The van der Waals surface area contributed by atoms with Crippen molar-refractivity contribution in [2.45, 2.75) is 20.8 Å². The maximum atomic E-state index is 13.0. The first kappa shape index (κ1) is 11.5. The van der Waals surface area contributed by atoms with Crippen LogP contribution in [0.4, 0.5) is 4.39 Å². The van der Waals surface area contributed by atoms with E-state index in [1.807, 2.05) is 20.8 Å². The Morgan fingerprint density at radius 3 is 2.67 bits per heavy atom. The van der Waals surface area contributed by atoms with Gasteiger partial charge in [-0.15, -0.1) is 0 Å². The summed E-state index contributed by atoms with van der Waals surface area (Å²) in [7, 11) is 1.51. The summed E-state index contributed by atoms with van der Waals surface area (Å²) in [6, 6.07) is 2.73. The molecule has 0 spiro atoms. The van der Waals surface area contributed by atoms with Gasteiger partial charge in [-0.25, -0.2) is 4.39 Å². The fourth-order valence-electron chi connectivity index (χ4n) is 1.39. The number of nitrogens with zero attached hydrogens (tertiary/aromatic N) is 1. The number of methoxy groups -OCH3 is 1. The minimum Gasteiger partial charge on any atom is -0.496 e. The number of hydrogen-bond acceptors (Lipinski definition) is 2. The van der Waals surface area contributed by atoms with Crippen LogP contribution < -0.4 is 4.74 Å². The lowest BCUT2D eigenvalue weighted by molar-refractivity contribution is 0.416. The molecule has 15 heavy (non-hydrogen) atoms. The molecule has 0 unspecified atom stereocenters. The Morgan fingerprint density at radius 2 is 2.07 bits per heavy atom. The first-order chi connectivity index (χ1) is 7.22. The van der Waals surface area contributed by atoms with E-state index in [9.17, 15) is 4.39 Å². The van der Waals surface area contributed by atoms with Gasteiger partial charge < -0.3 is 4.74 Å². The molecule has 0 bridgehead atoms. The van der Waals surface area contributed by atoms with Crippen LogP contribution in [0.2, 0.25) is 0 Å². The molecular formula is C11H17FN2O. The van der Waals surface area contributed by atoms with Gasteiger partial charge >= 0.3 is 0 Å². The van der Waals surface area contributed by atoms with Crippen molar-refractivity contribution in [2.24, 2.45) is 0 Å². The summed E-state index contributed by atoms with van der Waals surface area (Å²) in [6.07, 6.45) is 0. The highest BCUT2D eigenvalue weighted by Gasteiger charge is 2.09. The van der Waals surface area contributed by atoms with Crippen molar-refractivity contribution in [3.8, 4) is 5.75 Å². The van der Waals surface area contributed by atoms with Crippen LogP contribution in [0, 0.1) is 12.7 Å². The standard InChI is InChI=1S/C9H9FN2O.C2H6.H2/c1-5-9-7(12-11-5)3-6(10)4-8(9)13-2;1-2;/h3-4H,1-2H3,(H,11,12);1-2H3;1H. The second kappa shape index (κ2) is 4.77. The number of aromatic amines is 1. The molecule has 0 saturated heterocycles. The summed E-state index contributed by atoms with van der Waals surface area (Å²) in [6.45, 7) is 5.87. The SMILES string of the molecule is CC.COc1cc(F)cc2n[nH]c(C)c12.[HH]. The van der Waals surface area contributed by atoms with E-state index in [1.165, 1.54) is 19.2 Å². The smallest absolute Gasteiger partial charge is 0.133 e. The molecule has 0 fully saturated rings. The Bertz CT molecular complexity index is 456. The molecule has 1 aromatic heterocycles. The summed E-state index contributed by atoms with van der Waals surface area (Å²) in [5.41, 5.74) is 1.47. The number of benzene rings is 1. The number of aryl methyl sites for hydroxylation is 1. The van der Waals surface area contributed by atoms with Crippen LogP contribution in [-0.4, -0.2) is 17.3 Å². The van der Waals surface area contributed by atoms with E-state index in [-0.39, 0.29) is 7.24 Å². The average molecular weight is 212 g/mol. The second-order valence-corrected chi connectivity index (χ2v) is 2.85. The number of rotatable bonds is 1. The first-order valence-corrected chi connectivity index (χ1v) is 4.90. The first-order valence-electron chi connectivity index (χ1n) is 4.90. The highest BCUT2D eigenvalue weighted by molar-refractivity contribution is 5.87. The molecule has 0 aliphatic carbocycles. The fourth-order valence-corrected chi connectivity index (χ4v) is 1.39. The minimum absolute atomic E-state index is 0. The van der Waals surface area contributed by atoms with Gasteiger partial charge in [0, 0.05) is 19.3 Å². The van der Waals surface area contributed by atoms with Gasteiger partial charge in [0.1, 0.15) is 11.6 Å². The van der Waals surface area contributed by atoms with Crippen LogP contribution in [0.15, 0.2) is 12.1 Å². The fraction of sp³-hybridized carbons (Fsp3) is 0.364. The molecule has 3 nitrogen and oxygen atoms in total. The molecule has 0 atom stereocenters. The lowest BCUT2D eigenvalue weighted by Crippen LogP contribution is -1.86. The molecular weight excluding hydrogens is 195 g/mol. The zero-order chi connectivity index (χ0) is 11.4. The minimum atomic E-state index is -0.337. The predicted molar refractivity (Wildman–Crippen MR) is 60.8 cm³/mol. The number of halogens is 1.